The Morgan fingerprint density at radius 1 is 1.29 bits per heavy atom. The van der Waals surface area contributed by atoms with Crippen molar-refractivity contribution >= 4 is 21.6 Å². The van der Waals surface area contributed by atoms with Gasteiger partial charge in [0.25, 0.3) is 0 Å². The van der Waals surface area contributed by atoms with E-state index in [1.165, 1.54) is 29.2 Å². The highest BCUT2D eigenvalue weighted by Gasteiger charge is 2.37. The van der Waals surface area contributed by atoms with Crippen molar-refractivity contribution in [1.29, 1.82) is 0 Å². The molecule has 1 unspecified atom stereocenters. The van der Waals surface area contributed by atoms with Crippen molar-refractivity contribution < 1.29 is 17.6 Å². The summed E-state index contributed by atoms with van der Waals surface area (Å²) in [7, 11) is -3.72. The number of nitrogens with two attached hydrogens (primary N) is 1. The van der Waals surface area contributed by atoms with Crippen molar-refractivity contribution in [2.75, 3.05) is 11.4 Å². The van der Waals surface area contributed by atoms with Gasteiger partial charge in [0, 0.05) is 18.7 Å². The topological polar surface area (TPSA) is 80.5 Å². The van der Waals surface area contributed by atoms with E-state index in [-0.39, 0.29) is 18.9 Å². The van der Waals surface area contributed by atoms with Gasteiger partial charge in [-0.2, -0.15) is 0 Å². The van der Waals surface area contributed by atoms with Gasteiger partial charge >= 0.3 is 0 Å². The SMILES string of the molecule is NS(=O)(=O)C1CC(=O)N(c2ccc(F)cc2)C1. The molecule has 0 bridgehead atoms. The lowest BCUT2D eigenvalue weighted by atomic mass is 10.3. The van der Waals surface area contributed by atoms with Gasteiger partial charge < -0.3 is 4.90 Å². The maximum atomic E-state index is 12.7. The number of benzene rings is 1. The largest absolute Gasteiger partial charge is 0.311 e. The van der Waals surface area contributed by atoms with Crippen LogP contribution in [0.3, 0.4) is 0 Å². The van der Waals surface area contributed by atoms with Crippen molar-refractivity contribution in [3.8, 4) is 0 Å². The van der Waals surface area contributed by atoms with E-state index in [4.69, 9.17) is 5.14 Å². The molecule has 92 valence electrons. The zero-order chi connectivity index (χ0) is 12.6. The number of halogens is 1. The molecule has 0 saturated carbocycles. The van der Waals surface area contributed by atoms with E-state index in [0.717, 1.165) is 0 Å². The van der Waals surface area contributed by atoms with Crippen LogP contribution in [0.15, 0.2) is 24.3 Å². The summed E-state index contributed by atoms with van der Waals surface area (Å²) in [5, 5.41) is 4.11. The van der Waals surface area contributed by atoms with Crippen LogP contribution in [-0.4, -0.2) is 26.1 Å². The molecule has 1 heterocycles. The van der Waals surface area contributed by atoms with Gasteiger partial charge in [-0.15, -0.1) is 0 Å². The highest BCUT2D eigenvalue weighted by molar-refractivity contribution is 7.89. The van der Waals surface area contributed by atoms with Crippen LogP contribution >= 0.6 is 0 Å². The van der Waals surface area contributed by atoms with Crippen LogP contribution in [0, 0.1) is 5.82 Å². The molecule has 2 rings (SSSR count). The highest BCUT2D eigenvalue weighted by Crippen LogP contribution is 2.24. The molecule has 7 heteroatoms. The van der Waals surface area contributed by atoms with Crippen LogP contribution in [0.4, 0.5) is 10.1 Å². The summed E-state index contributed by atoms with van der Waals surface area (Å²) in [6, 6.07) is 5.29. The fourth-order valence-electron chi connectivity index (χ4n) is 1.77. The van der Waals surface area contributed by atoms with Gasteiger partial charge in [0.1, 0.15) is 11.1 Å². The number of carbonyl (C=O) groups is 1. The Labute approximate surface area is 98.1 Å². The third-order valence-corrected chi connectivity index (χ3v) is 3.94. The minimum absolute atomic E-state index is 0.0172. The Bertz CT molecular complexity index is 541. The second kappa shape index (κ2) is 4.08. The van der Waals surface area contributed by atoms with Crippen molar-refractivity contribution in [2.45, 2.75) is 11.7 Å². The summed E-state index contributed by atoms with van der Waals surface area (Å²) in [5.74, 6) is -0.737. The number of sulfonamides is 1. The van der Waals surface area contributed by atoms with Crippen molar-refractivity contribution in [3.05, 3.63) is 30.1 Å². The Hall–Kier alpha value is -1.47. The number of carbonyl (C=O) groups excluding carboxylic acids is 1. The average Bonchev–Trinajstić information content (AvgIpc) is 2.61. The second-order valence-corrected chi connectivity index (χ2v) is 5.74. The Morgan fingerprint density at radius 3 is 2.35 bits per heavy atom. The maximum absolute atomic E-state index is 12.7. The molecular weight excluding hydrogens is 247 g/mol. The standard InChI is InChI=1S/C10H11FN2O3S/c11-7-1-3-8(4-2-7)13-6-9(5-10(13)14)17(12,15)16/h1-4,9H,5-6H2,(H2,12,15,16). The summed E-state index contributed by atoms with van der Waals surface area (Å²) < 4.78 is 35.0. The van der Waals surface area contributed by atoms with Crippen molar-refractivity contribution in [2.24, 2.45) is 5.14 Å². The molecule has 1 aliphatic heterocycles. The number of primary sulfonamides is 1. The van der Waals surface area contributed by atoms with Crippen LogP contribution in [0.2, 0.25) is 0 Å². The first-order valence-corrected chi connectivity index (χ1v) is 6.56. The fraction of sp³-hybridized carbons (Fsp3) is 0.300. The first-order chi connectivity index (χ1) is 7.88. The van der Waals surface area contributed by atoms with Gasteiger partial charge in [0.2, 0.25) is 15.9 Å². The van der Waals surface area contributed by atoms with Gasteiger partial charge in [0.15, 0.2) is 0 Å². The molecule has 1 saturated heterocycles. The lowest BCUT2D eigenvalue weighted by molar-refractivity contribution is -0.117. The molecule has 1 aliphatic rings. The lowest BCUT2D eigenvalue weighted by Gasteiger charge is -2.16. The Morgan fingerprint density at radius 2 is 1.88 bits per heavy atom. The third-order valence-electron chi connectivity index (χ3n) is 2.69. The molecule has 1 fully saturated rings. The van der Waals surface area contributed by atoms with E-state index in [2.05, 4.69) is 0 Å². The fourth-order valence-corrected chi connectivity index (χ4v) is 2.50. The summed E-state index contributed by atoms with van der Waals surface area (Å²) >= 11 is 0. The lowest BCUT2D eigenvalue weighted by Crippen LogP contribution is -2.32. The third kappa shape index (κ3) is 2.45. The number of rotatable bonds is 2. The van der Waals surface area contributed by atoms with Crippen LogP contribution in [-0.2, 0) is 14.8 Å². The number of amides is 1. The Kier molecular flexibility index (Phi) is 2.88. The molecule has 1 aromatic carbocycles. The van der Waals surface area contributed by atoms with Gasteiger partial charge in [-0.1, -0.05) is 0 Å². The van der Waals surface area contributed by atoms with E-state index in [9.17, 15) is 17.6 Å². The first-order valence-electron chi connectivity index (χ1n) is 4.95. The minimum atomic E-state index is -3.72. The maximum Gasteiger partial charge on any atom is 0.228 e. The molecule has 0 radical (unpaired) electrons. The van der Waals surface area contributed by atoms with Crippen LogP contribution in [0.5, 0.6) is 0 Å². The quantitative estimate of drug-likeness (QED) is 0.824. The van der Waals surface area contributed by atoms with E-state index < -0.39 is 21.1 Å². The van der Waals surface area contributed by atoms with Crippen molar-refractivity contribution in [1.82, 2.24) is 0 Å². The van der Waals surface area contributed by atoms with Gasteiger partial charge in [-0.3, -0.25) is 4.79 Å². The molecule has 0 aliphatic carbocycles. The molecule has 0 spiro atoms. The predicted octanol–water partition coefficient (Wildman–Crippen LogP) is 0.220. The van der Waals surface area contributed by atoms with Crippen LogP contribution in [0.25, 0.3) is 0 Å². The zero-order valence-electron chi connectivity index (χ0n) is 8.84. The smallest absolute Gasteiger partial charge is 0.228 e. The van der Waals surface area contributed by atoms with Crippen LogP contribution in [0.1, 0.15) is 6.42 Å². The summed E-state index contributed by atoms with van der Waals surface area (Å²) in [6.45, 7) is 0.0172. The molecule has 2 N–H and O–H groups in total. The van der Waals surface area contributed by atoms with Gasteiger partial charge in [0.05, 0.1) is 0 Å². The molecule has 17 heavy (non-hydrogen) atoms. The summed E-state index contributed by atoms with van der Waals surface area (Å²) in [5.41, 5.74) is 0.475. The van der Waals surface area contributed by atoms with Gasteiger partial charge in [-0.05, 0) is 24.3 Å². The monoisotopic (exact) mass is 258 g/mol. The molecule has 1 aromatic rings. The Balaban J connectivity index is 2.24. The van der Waals surface area contributed by atoms with Gasteiger partial charge in [-0.25, -0.2) is 17.9 Å². The highest BCUT2D eigenvalue weighted by atomic mass is 32.2. The summed E-state index contributed by atoms with van der Waals surface area (Å²) in [6.07, 6.45) is -0.129. The van der Waals surface area contributed by atoms with E-state index in [1.54, 1.807) is 0 Å². The van der Waals surface area contributed by atoms with E-state index >= 15 is 0 Å². The molecule has 1 atom stereocenters. The average molecular weight is 258 g/mol. The first kappa shape index (κ1) is 12.0. The zero-order valence-corrected chi connectivity index (χ0v) is 9.65. The minimum Gasteiger partial charge on any atom is -0.311 e. The molecule has 1 amide bonds. The van der Waals surface area contributed by atoms with Crippen LogP contribution < -0.4 is 10.0 Å². The number of nitrogens with zero attached hydrogens (tertiary/aromatic N) is 1. The number of anilines is 1. The number of hydrogen-bond donors (Lipinski definition) is 1. The van der Waals surface area contributed by atoms with Crippen molar-refractivity contribution in [3.63, 3.8) is 0 Å². The molecular formula is C10H11FN2O3S. The normalized spacial score (nSPS) is 20.9. The predicted molar refractivity (Wildman–Crippen MR) is 60.3 cm³/mol. The van der Waals surface area contributed by atoms with E-state index in [0.29, 0.717) is 5.69 Å². The van der Waals surface area contributed by atoms with E-state index in [1.807, 2.05) is 0 Å². The number of hydrogen-bond acceptors (Lipinski definition) is 3. The second-order valence-electron chi connectivity index (χ2n) is 3.90. The summed E-state index contributed by atoms with van der Waals surface area (Å²) in [4.78, 5) is 12.9. The molecule has 5 nitrogen and oxygen atoms in total. The molecule has 0 aromatic heterocycles.